The molecule has 19 heavy (non-hydrogen) atoms. The molecule has 0 aliphatic carbocycles. The highest BCUT2D eigenvalue weighted by Gasteiger charge is 2.28. The van der Waals surface area contributed by atoms with E-state index in [0.29, 0.717) is 13.1 Å². The summed E-state index contributed by atoms with van der Waals surface area (Å²) in [6, 6.07) is 0.0814. The highest BCUT2D eigenvalue weighted by atomic mass is 16.5. The highest BCUT2D eigenvalue weighted by Crippen LogP contribution is 2.11. The lowest BCUT2D eigenvalue weighted by Gasteiger charge is -2.36. The van der Waals surface area contributed by atoms with Gasteiger partial charge in [-0.2, -0.15) is 0 Å². The summed E-state index contributed by atoms with van der Waals surface area (Å²) in [5.41, 5.74) is 0. The fourth-order valence-corrected chi connectivity index (χ4v) is 2.25. The third-order valence-electron chi connectivity index (χ3n) is 3.23. The number of carbonyl (C=O) groups is 1. The monoisotopic (exact) mass is 270 g/mol. The topological polar surface area (TPSA) is 61.8 Å². The minimum Gasteiger partial charge on any atom is -0.394 e. The summed E-state index contributed by atoms with van der Waals surface area (Å²) in [6.07, 6.45) is 4.54. The van der Waals surface area contributed by atoms with E-state index < -0.39 is 0 Å². The Morgan fingerprint density at radius 2 is 2.37 bits per heavy atom. The molecule has 0 saturated carbocycles. The molecule has 2 N–H and O–H groups in total. The van der Waals surface area contributed by atoms with Gasteiger partial charge in [0.25, 0.3) is 0 Å². The van der Waals surface area contributed by atoms with Crippen molar-refractivity contribution in [2.24, 2.45) is 0 Å². The third-order valence-corrected chi connectivity index (χ3v) is 3.23. The second-order valence-corrected chi connectivity index (χ2v) is 5.23. The Bertz CT molecular complexity index is 296. The van der Waals surface area contributed by atoms with Gasteiger partial charge >= 0.3 is 6.03 Å². The van der Waals surface area contributed by atoms with E-state index in [-0.39, 0.29) is 30.9 Å². The van der Waals surface area contributed by atoms with Gasteiger partial charge in [0.15, 0.2) is 0 Å². The average molecular weight is 270 g/mol. The number of aliphatic hydroxyl groups is 1. The molecule has 1 rings (SSSR count). The maximum absolute atomic E-state index is 12.1. The van der Waals surface area contributed by atoms with Crippen LogP contribution >= 0.6 is 0 Å². The molecule has 1 fully saturated rings. The van der Waals surface area contributed by atoms with Crippen molar-refractivity contribution in [2.75, 3.05) is 19.7 Å². The number of hydrogen-bond donors (Lipinski definition) is 2. The second kappa shape index (κ2) is 8.17. The molecule has 0 aromatic rings. The van der Waals surface area contributed by atoms with Crippen molar-refractivity contribution in [1.29, 1.82) is 0 Å². The van der Waals surface area contributed by atoms with Gasteiger partial charge in [-0.05, 0) is 33.1 Å². The number of amides is 2. The van der Waals surface area contributed by atoms with Gasteiger partial charge < -0.3 is 20.1 Å². The summed E-state index contributed by atoms with van der Waals surface area (Å²) in [7, 11) is 0. The lowest BCUT2D eigenvalue weighted by molar-refractivity contribution is -0.0835. The highest BCUT2D eigenvalue weighted by molar-refractivity contribution is 5.74. The number of hydrogen-bond acceptors (Lipinski definition) is 3. The number of nitrogens with zero attached hydrogens (tertiary/aromatic N) is 1. The van der Waals surface area contributed by atoms with Crippen molar-refractivity contribution < 1.29 is 14.6 Å². The van der Waals surface area contributed by atoms with Crippen LogP contribution in [0.5, 0.6) is 0 Å². The van der Waals surface area contributed by atoms with E-state index in [1.807, 2.05) is 19.9 Å². The van der Waals surface area contributed by atoms with E-state index in [2.05, 4.69) is 11.9 Å². The number of urea groups is 1. The van der Waals surface area contributed by atoms with E-state index >= 15 is 0 Å². The molecule has 0 aromatic heterocycles. The SMILES string of the molecule is C=CCCC[C@H](C)NC(=O)N1C[C@H](CO)O[C@H](C)C1. The normalized spacial score (nSPS) is 24.9. The molecule has 2 amide bonds. The standard InChI is InChI=1S/C14H26N2O3/c1-4-5-6-7-11(2)15-14(18)16-8-12(3)19-13(9-16)10-17/h4,11-13,17H,1,5-10H2,2-3H3,(H,15,18)/t11-,12+,13+/m0/s1. The number of carbonyl (C=O) groups excluding carboxylic acids is 1. The van der Waals surface area contributed by atoms with Crippen LogP contribution in [-0.2, 0) is 4.74 Å². The predicted molar refractivity (Wildman–Crippen MR) is 75.0 cm³/mol. The first kappa shape index (κ1) is 16.0. The Morgan fingerprint density at radius 3 is 3.00 bits per heavy atom. The molecule has 3 atom stereocenters. The van der Waals surface area contributed by atoms with Crippen molar-refractivity contribution in [3.63, 3.8) is 0 Å². The third kappa shape index (κ3) is 5.61. The van der Waals surface area contributed by atoms with E-state index in [1.165, 1.54) is 0 Å². The average Bonchev–Trinajstić information content (AvgIpc) is 2.38. The zero-order chi connectivity index (χ0) is 14.3. The molecule has 1 aliphatic heterocycles. The molecule has 1 saturated heterocycles. The molecule has 0 bridgehead atoms. The Hall–Kier alpha value is -1.07. The van der Waals surface area contributed by atoms with Gasteiger partial charge in [-0.1, -0.05) is 6.08 Å². The molecule has 110 valence electrons. The van der Waals surface area contributed by atoms with Gasteiger partial charge in [0, 0.05) is 12.6 Å². The molecule has 1 heterocycles. The molecule has 5 nitrogen and oxygen atoms in total. The minimum absolute atomic E-state index is 0.0345. The maximum atomic E-state index is 12.1. The number of nitrogens with one attached hydrogen (secondary N) is 1. The van der Waals surface area contributed by atoms with Crippen molar-refractivity contribution in [2.45, 2.75) is 51.4 Å². The molecule has 0 aromatic carbocycles. The van der Waals surface area contributed by atoms with Crippen LogP contribution in [0.3, 0.4) is 0 Å². The van der Waals surface area contributed by atoms with Crippen LogP contribution in [0.4, 0.5) is 4.79 Å². The van der Waals surface area contributed by atoms with Crippen LogP contribution in [0.2, 0.25) is 0 Å². The number of allylic oxidation sites excluding steroid dienone is 1. The van der Waals surface area contributed by atoms with Crippen molar-refractivity contribution in [3.05, 3.63) is 12.7 Å². The van der Waals surface area contributed by atoms with Crippen molar-refractivity contribution >= 4 is 6.03 Å². The van der Waals surface area contributed by atoms with Crippen molar-refractivity contribution in [3.8, 4) is 0 Å². The van der Waals surface area contributed by atoms with Gasteiger partial charge in [0.1, 0.15) is 0 Å². The van der Waals surface area contributed by atoms with Crippen LogP contribution < -0.4 is 5.32 Å². The summed E-state index contributed by atoms with van der Waals surface area (Å²) in [4.78, 5) is 13.8. The van der Waals surface area contributed by atoms with E-state index in [0.717, 1.165) is 19.3 Å². The lowest BCUT2D eigenvalue weighted by Crippen LogP contribution is -2.54. The van der Waals surface area contributed by atoms with Crippen LogP contribution in [0.25, 0.3) is 0 Å². The summed E-state index contributed by atoms with van der Waals surface area (Å²) >= 11 is 0. The number of unbranched alkanes of at least 4 members (excludes halogenated alkanes) is 1. The maximum Gasteiger partial charge on any atom is 0.317 e. The number of ether oxygens (including phenoxy) is 1. The smallest absolute Gasteiger partial charge is 0.317 e. The van der Waals surface area contributed by atoms with Gasteiger partial charge in [0.2, 0.25) is 0 Å². The number of morpholine rings is 1. The van der Waals surface area contributed by atoms with Gasteiger partial charge in [-0.3, -0.25) is 0 Å². The van der Waals surface area contributed by atoms with Gasteiger partial charge in [-0.15, -0.1) is 6.58 Å². The van der Waals surface area contributed by atoms with Crippen LogP contribution in [0, 0.1) is 0 Å². The molecule has 5 heteroatoms. The summed E-state index contributed by atoms with van der Waals surface area (Å²) < 4.78 is 5.52. The lowest BCUT2D eigenvalue weighted by atomic mass is 10.1. The van der Waals surface area contributed by atoms with Crippen molar-refractivity contribution in [1.82, 2.24) is 10.2 Å². The zero-order valence-corrected chi connectivity index (χ0v) is 12.0. The second-order valence-electron chi connectivity index (χ2n) is 5.23. The fourth-order valence-electron chi connectivity index (χ4n) is 2.25. The molecule has 0 radical (unpaired) electrons. The van der Waals surface area contributed by atoms with Crippen LogP contribution in [-0.4, -0.2) is 54.0 Å². The summed E-state index contributed by atoms with van der Waals surface area (Å²) in [5.74, 6) is 0. The van der Waals surface area contributed by atoms with Gasteiger partial charge in [-0.25, -0.2) is 4.79 Å². The zero-order valence-electron chi connectivity index (χ0n) is 12.0. The largest absolute Gasteiger partial charge is 0.394 e. The summed E-state index contributed by atoms with van der Waals surface area (Å²) in [5, 5.41) is 12.1. The molecule has 0 unspecified atom stereocenters. The Labute approximate surface area is 115 Å². The molecule has 1 aliphatic rings. The molecular formula is C14H26N2O3. The van der Waals surface area contributed by atoms with E-state index in [1.54, 1.807) is 4.90 Å². The molecule has 0 spiro atoms. The van der Waals surface area contributed by atoms with Crippen LogP contribution in [0.15, 0.2) is 12.7 Å². The fraction of sp³-hybridized carbons (Fsp3) is 0.786. The van der Waals surface area contributed by atoms with Crippen LogP contribution in [0.1, 0.15) is 33.1 Å². The predicted octanol–water partition coefficient (Wildman–Crippen LogP) is 1.52. The Morgan fingerprint density at radius 1 is 1.63 bits per heavy atom. The quantitative estimate of drug-likeness (QED) is 0.568. The Kier molecular flexibility index (Phi) is 6.87. The van der Waals surface area contributed by atoms with E-state index in [4.69, 9.17) is 9.84 Å². The minimum atomic E-state index is -0.273. The summed E-state index contributed by atoms with van der Waals surface area (Å²) in [6.45, 7) is 8.57. The first-order valence-electron chi connectivity index (χ1n) is 6.99. The Balaban J connectivity index is 2.37. The number of aliphatic hydroxyl groups excluding tert-OH is 1. The number of rotatable bonds is 6. The van der Waals surface area contributed by atoms with E-state index in [9.17, 15) is 4.79 Å². The van der Waals surface area contributed by atoms with Gasteiger partial charge in [0.05, 0.1) is 25.4 Å². The first-order valence-corrected chi connectivity index (χ1v) is 6.99. The first-order chi connectivity index (χ1) is 9.06. The molecular weight excluding hydrogens is 244 g/mol.